The van der Waals surface area contributed by atoms with Crippen LogP contribution in [0.25, 0.3) is 5.69 Å². The molecule has 2 amide bonds. The molecule has 1 aromatic heterocycles. The number of phenols is 1. The molecule has 4 rings (SSSR count). The van der Waals surface area contributed by atoms with Gasteiger partial charge in [-0.05, 0) is 68.9 Å². The molecule has 0 bridgehead atoms. The number of benzene rings is 2. The van der Waals surface area contributed by atoms with E-state index in [1.807, 2.05) is 31.3 Å². The SMILES string of the molecule is Cc1ccc(-n2cc(NC(=O)N(Cc3cccc(O)c3)C3CCC(O)CC3)cn2)c(C)c1. The molecule has 1 fully saturated rings. The Labute approximate surface area is 188 Å². The van der Waals surface area contributed by atoms with Gasteiger partial charge in [0.25, 0.3) is 0 Å². The second-order valence-electron chi connectivity index (χ2n) is 8.65. The Hall–Kier alpha value is -3.32. The lowest BCUT2D eigenvalue weighted by Gasteiger charge is -2.35. The summed E-state index contributed by atoms with van der Waals surface area (Å²) in [5, 5.41) is 27.1. The first kappa shape index (κ1) is 21.9. The number of urea groups is 1. The number of carbonyl (C=O) groups excluding carboxylic acids is 1. The van der Waals surface area contributed by atoms with E-state index in [0.29, 0.717) is 25.1 Å². The van der Waals surface area contributed by atoms with Crippen LogP contribution >= 0.6 is 0 Å². The van der Waals surface area contributed by atoms with Gasteiger partial charge in [-0.3, -0.25) is 0 Å². The van der Waals surface area contributed by atoms with E-state index in [1.165, 1.54) is 5.56 Å². The van der Waals surface area contributed by atoms with Gasteiger partial charge in [0.15, 0.2) is 0 Å². The first-order valence-corrected chi connectivity index (χ1v) is 11.0. The number of anilines is 1. The molecular formula is C25H30N4O3. The molecule has 0 spiro atoms. The normalized spacial score (nSPS) is 18.3. The fourth-order valence-electron chi connectivity index (χ4n) is 4.36. The van der Waals surface area contributed by atoms with Gasteiger partial charge < -0.3 is 20.4 Å². The van der Waals surface area contributed by atoms with Crippen molar-refractivity contribution in [1.82, 2.24) is 14.7 Å². The highest BCUT2D eigenvalue weighted by atomic mass is 16.3. The van der Waals surface area contributed by atoms with Gasteiger partial charge in [0, 0.05) is 12.6 Å². The number of rotatable bonds is 5. The van der Waals surface area contributed by atoms with Gasteiger partial charge >= 0.3 is 6.03 Å². The first-order valence-electron chi connectivity index (χ1n) is 11.0. The van der Waals surface area contributed by atoms with E-state index in [-0.39, 0.29) is 23.9 Å². The number of aliphatic hydroxyl groups is 1. The molecule has 3 aromatic rings. The van der Waals surface area contributed by atoms with Crippen LogP contribution in [0.15, 0.2) is 54.9 Å². The van der Waals surface area contributed by atoms with Crippen molar-refractivity contribution < 1.29 is 15.0 Å². The number of aromatic hydroxyl groups is 1. The zero-order chi connectivity index (χ0) is 22.7. The van der Waals surface area contributed by atoms with Crippen LogP contribution in [0.3, 0.4) is 0 Å². The average Bonchev–Trinajstić information content (AvgIpc) is 3.21. The number of nitrogens with zero attached hydrogens (tertiary/aromatic N) is 3. The zero-order valence-electron chi connectivity index (χ0n) is 18.5. The van der Waals surface area contributed by atoms with Gasteiger partial charge in [-0.15, -0.1) is 0 Å². The molecule has 1 heterocycles. The Morgan fingerprint density at radius 2 is 1.94 bits per heavy atom. The van der Waals surface area contributed by atoms with Crippen LogP contribution in [0.4, 0.5) is 10.5 Å². The highest BCUT2D eigenvalue weighted by molar-refractivity contribution is 5.89. The third kappa shape index (κ3) is 5.11. The number of carbonyl (C=O) groups is 1. The summed E-state index contributed by atoms with van der Waals surface area (Å²) < 4.78 is 1.76. The molecule has 0 atom stereocenters. The van der Waals surface area contributed by atoms with E-state index >= 15 is 0 Å². The lowest BCUT2D eigenvalue weighted by atomic mass is 9.92. The maximum absolute atomic E-state index is 13.3. The number of aryl methyl sites for hydroxylation is 2. The lowest BCUT2D eigenvalue weighted by molar-refractivity contribution is 0.0849. The Kier molecular flexibility index (Phi) is 6.46. The Bertz CT molecular complexity index is 1090. The van der Waals surface area contributed by atoms with Crippen molar-refractivity contribution in [3.8, 4) is 11.4 Å². The van der Waals surface area contributed by atoms with Crippen molar-refractivity contribution in [2.45, 2.75) is 58.2 Å². The maximum atomic E-state index is 13.3. The summed E-state index contributed by atoms with van der Waals surface area (Å²) in [6.45, 7) is 4.47. The van der Waals surface area contributed by atoms with Gasteiger partial charge in [-0.2, -0.15) is 5.10 Å². The second kappa shape index (κ2) is 9.44. The molecule has 0 radical (unpaired) electrons. The number of nitrogens with one attached hydrogen (secondary N) is 1. The minimum Gasteiger partial charge on any atom is -0.508 e. The van der Waals surface area contributed by atoms with E-state index in [1.54, 1.807) is 34.0 Å². The molecule has 0 unspecified atom stereocenters. The molecule has 1 aliphatic rings. The minimum atomic E-state index is -0.298. The summed E-state index contributed by atoms with van der Waals surface area (Å²) in [6.07, 6.45) is 6.01. The molecule has 0 aliphatic heterocycles. The Morgan fingerprint density at radius 3 is 2.66 bits per heavy atom. The number of amides is 2. The molecule has 7 nitrogen and oxygen atoms in total. The zero-order valence-corrected chi connectivity index (χ0v) is 18.5. The minimum absolute atomic E-state index is 0.0233. The highest BCUT2D eigenvalue weighted by Crippen LogP contribution is 2.26. The van der Waals surface area contributed by atoms with Gasteiger partial charge in [0.2, 0.25) is 0 Å². The van der Waals surface area contributed by atoms with Crippen LogP contribution in [0, 0.1) is 13.8 Å². The van der Waals surface area contributed by atoms with Crippen LogP contribution in [0.2, 0.25) is 0 Å². The third-order valence-electron chi connectivity index (χ3n) is 6.06. The van der Waals surface area contributed by atoms with Crippen LogP contribution in [-0.2, 0) is 6.54 Å². The summed E-state index contributed by atoms with van der Waals surface area (Å²) in [5.74, 6) is 0.177. The van der Waals surface area contributed by atoms with E-state index in [9.17, 15) is 15.0 Å². The second-order valence-corrected chi connectivity index (χ2v) is 8.65. The molecule has 1 aliphatic carbocycles. The van der Waals surface area contributed by atoms with Crippen LogP contribution in [-0.4, -0.2) is 43.1 Å². The molecule has 32 heavy (non-hydrogen) atoms. The van der Waals surface area contributed by atoms with Gasteiger partial charge in [0.1, 0.15) is 5.75 Å². The van der Waals surface area contributed by atoms with Crippen molar-refractivity contribution in [2.24, 2.45) is 0 Å². The number of hydrogen-bond donors (Lipinski definition) is 3. The molecule has 0 saturated heterocycles. The smallest absolute Gasteiger partial charge is 0.322 e. The lowest BCUT2D eigenvalue weighted by Crippen LogP contribution is -2.44. The molecule has 168 valence electrons. The van der Waals surface area contributed by atoms with Crippen molar-refractivity contribution in [3.05, 3.63) is 71.5 Å². The third-order valence-corrected chi connectivity index (χ3v) is 6.06. The van der Waals surface area contributed by atoms with Gasteiger partial charge in [0.05, 0.1) is 29.9 Å². The van der Waals surface area contributed by atoms with E-state index in [4.69, 9.17) is 0 Å². The standard InChI is InChI=1S/C25H30N4O3/c1-17-6-11-24(18(2)12-17)29-16-20(14-26-29)27-25(32)28(21-7-9-22(30)10-8-21)15-19-4-3-5-23(31)13-19/h3-6,11-14,16,21-22,30-31H,7-10,15H2,1-2H3,(H,27,32). The topological polar surface area (TPSA) is 90.6 Å². The average molecular weight is 435 g/mol. The van der Waals surface area contributed by atoms with E-state index in [0.717, 1.165) is 29.7 Å². The van der Waals surface area contributed by atoms with Crippen LogP contribution < -0.4 is 5.32 Å². The van der Waals surface area contributed by atoms with Gasteiger partial charge in [-0.1, -0.05) is 29.8 Å². The number of aromatic nitrogens is 2. The summed E-state index contributed by atoms with van der Waals surface area (Å²) >= 11 is 0. The molecular weight excluding hydrogens is 404 g/mol. The van der Waals surface area contributed by atoms with Crippen molar-refractivity contribution in [2.75, 3.05) is 5.32 Å². The highest BCUT2D eigenvalue weighted by Gasteiger charge is 2.28. The van der Waals surface area contributed by atoms with Crippen molar-refractivity contribution in [3.63, 3.8) is 0 Å². The summed E-state index contributed by atoms with van der Waals surface area (Å²) in [4.78, 5) is 15.1. The predicted molar refractivity (Wildman–Crippen MR) is 124 cm³/mol. The van der Waals surface area contributed by atoms with E-state index < -0.39 is 0 Å². The van der Waals surface area contributed by atoms with E-state index in [2.05, 4.69) is 23.4 Å². The molecule has 3 N–H and O–H groups in total. The predicted octanol–water partition coefficient (Wildman–Crippen LogP) is 4.53. The van der Waals surface area contributed by atoms with Crippen molar-refractivity contribution in [1.29, 1.82) is 0 Å². The summed E-state index contributed by atoms with van der Waals surface area (Å²) in [7, 11) is 0. The first-order chi connectivity index (χ1) is 15.4. The van der Waals surface area contributed by atoms with Crippen LogP contribution in [0.5, 0.6) is 5.75 Å². The largest absolute Gasteiger partial charge is 0.508 e. The number of phenolic OH excluding ortho intramolecular Hbond substituents is 1. The molecule has 2 aromatic carbocycles. The quantitative estimate of drug-likeness (QED) is 0.550. The summed E-state index contributed by atoms with van der Waals surface area (Å²) in [5.41, 5.74) is 4.74. The maximum Gasteiger partial charge on any atom is 0.322 e. The Balaban J connectivity index is 1.52. The Morgan fingerprint density at radius 1 is 1.16 bits per heavy atom. The fourth-order valence-corrected chi connectivity index (χ4v) is 4.36. The molecule has 7 heteroatoms. The number of hydrogen-bond acceptors (Lipinski definition) is 4. The number of aliphatic hydroxyl groups excluding tert-OH is 1. The molecule has 1 saturated carbocycles. The van der Waals surface area contributed by atoms with Crippen molar-refractivity contribution >= 4 is 11.7 Å². The monoisotopic (exact) mass is 434 g/mol. The van der Waals surface area contributed by atoms with Crippen LogP contribution in [0.1, 0.15) is 42.4 Å². The van der Waals surface area contributed by atoms with Gasteiger partial charge in [-0.25, -0.2) is 9.48 Å². The summed E-state index contributed by atoms with van der Waals surface area (Å²) in [6, 6.07) is 12.9. The fraction of sp³-hybridized carbons (Fsp3) is 0.360.